The molecule has 3 atom stereocenters. The summed E-state index contributed by atoms with van der Waals surface area (Å²) in [7, 11) is 1.29. The van der Waals surface area contributed by atoms with Crippen LogP contribution in [0.5, 0.6) is 0 Å². The lowest BCUT2D eigenvalue weighted by atomic mass is 9.70. The summed E-state index contributed by atoms with van der Waals surface area (Å²) >= 11 is 3.18. The van der Waals surface area contributed by atoms with Crippen LogP contribution in [0.3, 0.4) is 0 Å². The van der Waals surface area contributed by atoms with E-state index < -0.39 is 23.8 Å². The minimum absolute atomic E-state index is 0.187. The molecule has 0 aromatic carbocycles. The Labute approximate surface area is 185 Å². The van der Waals surface area contributed by atoms with Gasteiger partial charge in [0.1, 0.15) is 12.5 Å². The predicted molar refractivity (Wildman–Crippen MR) is 118 cm³/mol. The maximum atomic E-state index is 13.5. The van der Waals surface area contributed by atoms with Crippen LogP contribution in [-0.2, 0) is 23.9 Å². The number of esters is 2. The van der Waals surface area contributed by atoms with Crippen molar-refractivity contribution in [3.8, 4) is 0 Å². The van der Waals surface area contributed by atoms with E-state index >= 15 is 0 Å². The number of rotatable bonds is 7. The topological polar surface area (TPSA) is 81.7 Å². The number of allylic oxidation sites excluding steroid dienone is 3. The van der Waals surface area contributed by atoms with Crippen molar-refractivity contribution in [2.24, 2.45) is 11.8 Å². The van der Waals surface area contributed by atoms with Gasteiger partial charge >= 0.3 is 11.9 Å². The largest absolute Gasteiger partial charge is 0.468 e. The number of ether oxygens (including phenoxy) is 2. The Hall–Kier alpha value is -2.06. The van der Waals surface area contributed by atoms with E-state index in [1.165, 1.54) is 18.4 Å². The Kier molecular flexibility index (Phi) is 7.41. The summed E-state index contributed by atoms with van der Waals surface area (Å²) in [4.78, 5) is 39.8. The monoisotopic (exact) mass is 449 g/mol. The van der Waals surface area contributed by atoms with Crippen molar-refractivity contribution < 1.29 is 23.9 Å². The van der Waals surface area contributed by atoms with E-state index in [1.807, 2.05) is 31.4 Å². The number of carbonyl (C=O) groups excluding carboxylic acids is 3. The first-order valence-corrected chi connectivity index (χ1v) is 12.0. The molecule has 2 aliphatic rings. The number of hydrogen-bond donors (Lipinski definition) is 1. The van der Waals surface area contributed by atoms with E-state index in [0.717, 1.165) is 22.1 Å². The van der Waals surface area contributed by atoms with Gasteiger partial charge in [-0.2, -0.15) is 11.8 Å². The average Bonchev–Trinajstić information content (AvgIpc) is 3.24. The highest BCUT2D eigenvalue weighted by molar-refractivity contribution is 7.99. The van der Waals surface area contributed by atoms with Gasteiger partial charge in [0.2, 0.25) is 0 Å². The number of methoxy groups -OCH3 is 1. The molecule has 0 saturated carbocycles. The number of hydrogen-bond acceptors (Lipinski definition) is 8. The zero-order valence-electron chi connectivity index (χ0n) is 17.7. The molecular formula is C22H27NO5S2. The van der Waals surface area contributed by atoms with Gasteiger partial charge in [-0.05, 0) is 36.5 Å². The molecule has 8 heteroatoms. The normalized spacial score (nSPS) is 23.7. The highest BCUT2D eigenvalue weighted by Gasteiger charge is 2.47. The number of carbonyl (C=O) groups is 3. The van der Waals surface area contributed by atoms with Gasteiger partial charge in [0.05, 0.1) is 18.6 Å². The summed E-state index contributed by atoms with van der Waals surface area (Å²) in [5.74, 6) is -1.15. The maximum Gasteiger partial charge on any atom is 0.336 e. The van der Waals surface area contributed by atoms with Gasteiger partial charge in [-0.3, -0.25) is 9.59 Å². The first kappa shape index (κ1) is 22.6. The van der Waals surface area contributed by atoms with Gasteiger partial charge < -0.3 is 14.8 Å². The van der Waals surface area contributed by atoms with E-state index in [9.17, 15) is 14.4 Å². The minimum Gasteiger partial charge on any atom is -0.468 e. The average molecular weight is 450 g/mol. The van der Waals surface area contributed by atoms with Crippen molar-refractivity contribution >= 4 is 40.8 Å². The third-order valence-electron chi connectivity index (χ3n) is 5.46. The van der Waals surface area contributed by atoms with Crippen LogP contribution in [0.1, 0.15) is 38.0 Å². The van der Waals surface area contributed by atoms with E-state index in [4.69, 9.17) is 9.47 Å². The van der Waals surface area contributed by atoms with Crippen molar-refractivity contribution in [1.29, 1.82) is 0 Å². The molecule has 162 valence electrons. The molecule has 30 heavy (non-hydrogen) atoms. The van der Waals surface area contributed by atoms with E-state index in [-0.39, 0.29) is 11.7 Å². The Bertz CT molecular complexity index is 887. The summed E-state index contributed by atoms with van der Waals surface area (Å²) in [6, 6.07) is 3.81. The van der Waals surface area contributed by atoms with Crippen LogP contribution >= 0.6 is 23.1 Å². The highest BCUT2D eigenvalue weighted by Crippen LogP contribution is 2.46. The van der Waals surface area contributed by atoms with Crippen LogP contribution in [0.4, 0.5) is 0 Å². The fourth-order valence-electron chi connectivity index (χ4n) is 4.11. The number of thioether (sulfide) groups is 1. The zero-order valence-corrected chi connectivity index (χ0v) is 19.3. The van der Waals surface area contributed by atoms with Crippen molar-refractivity contribution in [2.75, 3.05) is 25.2 Å². The Morgan fingerprint density at radius 3 is 2.77 bits per heavy atom. The number of Topliss-reactive ketones (excluding diaryl/α,β-unsaturated/α-hetero) is 1. The molecule has 1 aliphatic heterocycles. The van der Waals surface area contributed by atoms with Gasteiger partial charge in [-0.25, -0.2) is 4.79 Å². The molecule has 1 aromatic rings. The van der Waals surface area contributed by atoms with Crippen LogP contribution in [0.15, 0.2) is 40.1 Å². The molecule has 1 aliphatic carbocycles. The molecule has 2 heterocycles. The van der Waals surface area contributed by atoms with E-state index in [1.54, 1.807) is 11.8 Å². The smallest absolute Gasteiger partial charge is 0.336 e. The summed E-state index contributed by atoms with van der Waals surface area (Å²) in [6.07, 6.45) is 0.537. The molecule has 0 saturated heterocycles. The lowest BCUT2D eigenvalue weighted by Crippen LogP contribution is -2.43. The predicted octanol–water partition coefficient (Wildman–Crippen LogP) is 3.66. The van der Waals surface area contributed by atoms with Crippen molar-refractivity contribution in [2.45, 2.75) is 33.1 Å². The molecule has 0 bridgehead atoms. The van der Waals surface area contributed by atoms with Crippen molar-refractivity contribution in [3.63, 3.8) is 0 Å². The Morgan fingerprint density at radius 2 is 2.13 bits per heavy atom. The minimum atomic E-state index is -0.866. The van der Waals surface area contributed by atoms with E-state index in [0.29, 0.717) is 29.9 Å². The number of ketones is 1. The van der Waals surface area contributed by atoms with Gasteiger partial charge in [-0.15, -0.1) is 11.3 Å². The first-order chi connectivity index (χ1) is 14.4. The second-order valence-corrected chi connectivity index (χ2v) is 9.76. The Morgan fingerprint density at radius 1 is 1.37 bits per heavy atom. The van der Waals surface area contributed by atoms with Crippen LogP contribution in [0.25, 0.3) is 0 Å². The lowest BCUT2D eigenvalue weighted by Gasteiger charge is -2.37. The summed E-state index contributed by atoms with van der Waals surface area (Å²) in [5, 5.41) is 5.18. The molecule has 1 aromatic heterocycles. The van der Waals surface area contributed by atoms with Crippen molar-refractivity contribution in [3.05, 3.63) is 44.9 Å². The molecular weight excluding hydrogens is 422 g/mol. The summed E-state index contributed by atoms with van der Waals surface area (Å²) < 4.78 is 10.4. The number of thiophene rings is 1. The fraction of sp³-hybridized carbons (Fsp3) is 0.500. The van der Waals surface area contributed by atoms with Gasteiger partial charge in [-0.1, -0.05) is 19.9 Å². The molecule has 0 radical (unpaired) electrons. The van der Waals surface area contributed by atoms with Gasteiger partial charge in [0, 0.05) is 27.6 Å². The number of dihydropyridines is 1. The molecule has 0 unspecified atom stereocenters. The van der Waals surface area contributed by atoms with Crippen LogP contribution < -0.4 is 5.32 Å². The van der Waals surface area contributed by atoms with Gasteiger partial charge in [0.15, 0.2) is 5.78 Å². The number of nitrogens with one attached hydrogen (secondary N) is 1. The quantitative estimate of drug-likeness (QED) is 0.386. The first-order valence-electron chi connectivity index (χ1n) is 10.0. The third-order valence-corrected chi connectivity index (χ3v) is 7.26. The highest BCUT2D eigenvalue weighted by atomic mass is 32.2. The molecule has 6 nitrogen and oxygen atoms in total. The lowest BCUT2D eigenvalue weighted by molar-refractivity contribution is -0.151. The standard InChI is InChI=1S/C22H27NO5S2/c1-5-29-10-8-28-22(26)17-13(3)23-14-11-12(2)16(21(25)27-4)20(24)18(14)19(17)15-7-6-9-30-15/h6-7,9,12,16,19,23H,5,8,10-11H2,1-4H3/t12-,16+,19-/m0/s1. The third kappa shape index (κ3) is 4.34. The molecule has 0 spiro atoms. The second kappa shape index (κ2) is 9.83. The van der Waals surface area contributed by atoms with Crippen LogP contribution in [0, 0.1) is 11.8 Å². The molecule has 3 rings (SSSR count). The van der Waals surface area contributed by atoms with Gasteiger partial charge in [0.25, 0.3) is 0 Å². The molecule has 0 amide bonds. The second-order valence-electron chi connectivity index (χ2n) is 7.38. The van der Waals surface area contributed by atoms with Crippen LogP contribution in [0.2, 0.25) is 0 Å². The summed E-state index contributed by atoms with van der Waals surface area (Å²) in [5.41, 5.74) is 2.38. The zero-order chi connectivity index (χ0) is 21.8. The van der Waals surface area contributed by atoms with E-state index in [2.05, 4.69) is 12.2 Å². The maximum absolute atomic E-state index is 13.5. The summed E-state index contributed by atoms with van der Waals surface area (Å²) in [6.45, 7) is 6.08. The Balaban J connectivity index is 2.00. The molecule has 0 fully saturated rings. The van der Waals surface area contributed by atoms with Crippen LogP contribution in [-0.4, -0.2) is 42.9 Å². The fourth-order valence-corrected chi connectivity index (χ4v) is 5.44. The van der Waals surface area contributed by atoms with Crippen molar-refractivity contribution in [1.82, 2.24) is 5.32 Å². The molecule has 1 N–H and O–H groups in total. The SMILES string of the molecule is CCSCCOC(=O)C1=C(C)NC2=C(C(=O)[C@H](C(=O)OC)[C@@H](C)C2)[C@H]1c1cccs1.